The number of nitrogens with zero attached hydrogens (tertiary/aromatic N) is 3. The molecular formula is C8H12BrN3OS. The Morgan fingerprint density at radius 3 is 2.86 bits per heavy atom. The van der Waals surface area contributed by atoms with Crippen molar-refractivity contribution in [2.45, 2.75) is 18.9 Å². The smallest absolute Gasteiger partial charge is 0.209 e. The topological polar surface area (TPSA) is 38.2 Å². The molecule has 1 saturated carbocycles. The first-order chi connectivity index (χ1) is 6.81. The van der Waals surface area contributed by atoms with Crippen LogP contribution in [0.3, 0.4) is 0 Å². The molecular weight excluding hydrogens is 266 g/mol. The van der Waals surface area contributed by atoms with Crippen LogP contribution in [0.2, 0.25) is 0 Å². The van der Waals surface area contributed by atoms with Gasteiger partial charge in [-0.2, -0.15) is 0 Å². The van der Waals surface area contributed by atoms with E-state index in [2.05, 4.69) is 31.0 Å². The molecule has 4 nitrogen and oxygen atoms in total. The average Bonchev–Trinajstić information content (AvgIpc) is 2.91. The first-order valence-electron chi connectivity index (χ1n) is 4.56. The fraction of sp³-hybridized carbons (Fsp3) is 0.750. The van der Waals surface area contributed by atoms with Gasteiger partial charge in [0.25, 0.3) is 0 Å². The van der Waals surface area contributed by atoms with Crippen molar-refractivity contribution in [2.75, 3.05) is 25.2 Å². The number of ether oxygens (including phenoxy) is 1. The molecule has 6 heteroatoms. The molecule has 0 aliphatic heterocycles. The number of anilines is 1. The van der Waals surface area contributed by atoms with Crippen molar-refractivity contribution < 1.29 is 4.74 Å². The van der Waals surface area contributed by atoms with Gasteiger partial charge in [-0.15, -0.1) is 10.2 Å². The monoisotopic (exact) mass is 277 g/mol. The molecule has 0 bridgehead atoms. The summed E-state index contributed by atoms with van der Waals surface area (Å²) in [5.41, 5.74) is 0. The number of aromatic nitrogens is 2. The highest BCUT2D eigenvalue weighted by atomic mass is 79.9. The summed E-state index contributed by atoms with van der Waals surface area (Å²) in [6.45, 7) is 1.65. The van der Waals surface area contributed by atoms with Crippen molar-refractivity contribution in [3.63, 3.8) is 0 Å². The molecule has 1 aromatic heterocycles. The standard InChI is InChI=1S/C8H12BrN3OS/c1-13-5-4-12(6-2-3-6)8-11-10-7(9)14-8/h6H,2-5H2,1H3. The normalized spacial score (nSPS) is 15.9. The summed E-state index contributed by atoms with van der Waals surface area (Å²) >= 11 is 4.90. The van der Waals surface area contributed by atoms with E-state index < -0.39 is 0 Å². The van der Waals surface area contributed by atoms with Crippen LogP contribution >= 0.6 is 27.3 Å². The maximum absolute atomic E-state index is 5.08. The fourth-order valence-corrected chi connectivity index (χ4v) is 2.51. The largest absolute Gasteiger partial charge is 0.383 e. The molecule has 1 fully saturated rings. The van der Waals surface area contributed by atoms with Crippen LogP contribution in [0.25, 0.3) is 0 Å². The van der Waals surface area contributed by atoms with Gasteiger partial charge in [-0.05, 0) is 28.8 Å². The predicted molar refractivity (Wildman–Crippen MR) is 59.9 cm³/mol. The molecule has 2 rings (SSSR count). The molecule has 0 unspecified atom stereocenters. The number of hydrogen-bond donors (Lipinski definition) is 0. The molecule has 14 heavy (non-hydrogen) atoms. The van der Waals surface area contributed by atoms with Gasteiger partial charge < -0.3 is 9.64 Å². The van der Waals surface area contributed by atoms with Crippen molar-refractivity contribution >= 4 is 32.4 Å². The SMILES string of the molecule is COCCN(c1nnc(Br)s1)C1CC1. The molecule has 78 valence electrons. The number of rotatable bonds is 5. The quantitative estimate of drug-likeness (QED) is 0.824. The van der Waals surface area contributed by atoms with Gasteiger partial charge in [0.1, 0.15) is 0 Å². The highest BCUT2D eigenvalue weighted by Gasteiger charge is 2.30. The van der Waals surface area contributed by atoms with Crippen LogP contribution in [0.5, 0.6) is 0 Å². The third-order valence-corrected chi connectivity index (χ3v) is 3.55. The van der Waals surface area contributed by atoms with E-state index in [4.69, 9.17) is 4.74 Å². The van der Waals surface area contributed by atoms with E-state index >= 15 is 0 Å². The van der Waals surface area contributed by atoms with Crippen molar-refractivity contribution in [1.82, 2.24) is 10.2 Å². The van der Waals surface area contributed by atoms with E-state index in [0.29, 0.717) is 6.04 Å². The molecule has 1 aliphatic rings. The van der Waals surface area contributed by atoms with E-state index in [1.807, 2.05) is 0 Å². The van der Waals surface area contributed by atoms with Gasteiger partial charge in [0.05, 0.1) is 6.61 Å². The van der Waals surface area contributed by atoms with Gasteiger partial charge in [-0.25, -0.2) is 0 Å². The lowest BCUT2D eigenvalue weighted by Gasteiger charge is -2.19. The van der Waals surface area contributed by atoms with Crippen molar-refractivity contribution in [1.29, 1.82) is 0 Å². The van der Waals surface area contributed by atoms with E-state index in [0.717, 1.165) is 22.2 Å². The first kappa shape index (κ1) is 10.3. The molecule has 0 atom stereocenters. The lowest BCUT2D eigenvalue weighted by Crippen LogP contribution is -2.29. The number of hydrogen-bond acceptors (Lipinski definition) is 5. The molecule has 1 heterocycles. The Bertz CT molecular complexity index is 303. The Morgan fingerprint density at radius 2 is 2.36 bits per heavy atom. The minimum absolute atomic E-state index is 0.657. The molecule has 0 saturated heterocycles. The Morgan fingerprint density at radius 1 is 1.57 bits per heavy atom. The van der Waals surface area contributed by atoms with Crippen molar-refractivity contribution in [2.24, 2.45) is 0 Å². The second-order valence-electron chi connectivity index (χ2n) is 3.25. The van der Waals surface area contributed by atoms with E-state index in [1.165, 1.54) is 12.8 Å². The van der Waals surface area contributed by atoms with Crippen LogP contribution < -0.4 is 4.90 Å². The highest BCUT2D eigenvalue weighted by Crippen LogP contribution is 2.34. The fourth-order valence-electron chi connectivity index (χ4n) is 1.32. The van der Waals surface area contributed by atoms with Gasteiger partial charge in [0.15, 0.2) is 3.92 Å². The Hall–Kier alpha value is -0.200. The zero-order chi connectivity index (χ0) is 9.97. The van der Waals surface area contributed by atoms with Gasteiger partial charge in [0, 0.05) is 19.7 Å². The summed E-state index contributed by atoms with van der Waals surface area (Å²) in [5.74, 6) is 0. The molecule has 1 aliphatic carbocycles. The highest BCUT2D eigenvalue weighted by molar-refractivity contribution is 9.11. The van der Waals surface area contributed by atoms with Gasteiger partial charge in [-0.1, -0.05) is 11.3 Å². The molecule has 0 amide bonds. The van der Waals surface area contributed by atoms with Gasteiger partial charge in [0.2, 0.25) is 5.13 Å². The Balaban J connectivity index is 2.02. The second-order valence-corrected chi connectivity index (χ2v) is 5.49. The third-order valence-electron chi connectivity index (χ3n) is 2.16. The number of halogens is 1. The lowest BCUT2D eigenvalue weighted by molar-refractivity contribution is 0.205. The van der Waals surface area contributed by atoms with Crippen LogP contribution in [-0.2, 0) is 4.74 Å². The zero-order valence-electron chi connectivity index (χ0n) is 7.94. The summed E-state index contributed by atoms with van der Waals surface area (Å²) in [6.07, 6.45) is 2.53. The van der Waals surface area contributed by atoms with Crippen LogP contribution in [0.4, 0.5) is 5.13 Å². The minimum Gasteiger partial charge on any atom is -0.383 e. The van der Waals surface area contributed by atoms with E-state index in [9.17, 15) is 0 Å². The van der Waals surface area contributed by atoms with Crippen molar-refractivity contribution in [3.8, 4) is 0 Å². The predicted octanol–water partition coefficient (Wildman–Crippen LogP) is 1.92. The second kappa shape index (κ2) is 4.55. The van der Waals surface area contributed by atoms with Crippen LogP contribution in [0.15, 0.2) is 3.92 Å². The summed E-state index contributed by atoms with van der Waals surface area (Å²) in [7, 11) is 1.72. The lowest BCUT2D eigenvalue weighted by atomic mass is 10.5. The van der Waals surface area contributed by atoms with E-state index in [-0.39, 0.29) is 0 Å². The maximum atomic E-state index is 5.08. The third kappa shape index (κ3) is 2.43. The minimum atomic E-state index is 0.657. The van der Waals surface area contributed by atoms with E-state index in [1.54, 1.807) is 18.4 Å². The zero-order valence-corrected chi connectivity index (χ0v) is 10.3. The van der Waals surface area contributed by atoms with Crippen LogP contribution in [0, 0.1) is 0 Å². The molecule has 1 aromatic rings. The Labute approximate surface area is 95.4 Å². The Kier molecular flexibility index (Phi) is 3.35. The maximum Gasteiger partial charge on any atom is 0.209 e. The molecule has 0 aromatic carbocycles. The summed E-state index contributed by atoms with van der Waals surface area (Å²) in [5, 5.41) is 9.08. The van der Waals surface area contributed by atoms with Crippen molar-refractivity contribution in [3.05, 3.63) is 3.92 Å². The molecule has 0 spiro atoms. The van der Waals surface area contributed by atoms with Crippen LogP contribution in [0.1, 0.15) is 12.8 Å². The molecule has 0 radical (unpaired) electrons. The van der Waals surface area contributed by atoms with Gasteiger partial charge >= 0.3 is 0 Å². The summed E-state index contributed by atoms with van der Waals surface area (Å²) in [6, 6.07) is 0.657. The number of methoxy groups -OCH3 is 1. The average molecular weight is 278 g/mol. The van der Waals surface area contributed by atoms with Crippen LogP contribution in [-0.4, -0.2) is 36.5 Å². The first-order valence-corrected chi connectivity index (χ1v) is 6.17. The molecule has 0 N–H and O–H groups in total. The van der Waals surface area contributed by atoms with Gasteiger partial charge in [-0.3, -0.25) is 0 Å². The summed E-state index contributed by atoms with van der Waals surface area (Å²) in [4.78, 5) is 2.28. The summed E-state index contributed by atoms with van der Waals surface area (Å²) < 4.78 is 5.92.